The number of nitrogens with zero attached hydrogens (tertiary/aromatic N) is 4. The van der Waals surface area contributed by atoms with Crippen molar-refractivity contribution in [3.05, 3.63) is 24.5 Å². The van der Waals surface area contributed by atoms with Gasteiger partial charge in [-0.15, -0.1) is 0 Å². The molecular formula is C20H23N5O4. The van der Waals surface area contributed by atoms with Gasteiger partial charge in [0.15, 0.2) is 0 Å². The number of rotatable bonds is 3. The highest BCUT2D eigenvalue weighted by molar-refractivity contribution is 6.06. The monoisotopic (exact) mass is 397 g/mol. The van der Waals surface area contributed by atoms with Crippen molar-refractivity contribution in [2.75, 3.05) is 21.7 Å². The molecule has 2 heterocycles. The second-order valence-electron chi connectivity index (χ2n) is 7.64. The fourth-order valence-corrected chi connectivity index (χ4v) is 3.88. The molecule has 4 rings (SSSR count). The highest BCUT2D eigenvalue weighted by Gasteiger charge is 2.35. The van der Waals surface area contributed by atoms with Gasteiger partial charge in [-0.25, -0.2) is 4.79 Å². The first-order chi connectivity index (χ1) is 13.8. The fourth-order valence-electron chi connectivity index (χ4n) is 3.88. The summed E-state index contributed by atoms with van der Waals surface area (Å²) in [6, 6.07) is 3.46. The summed E-state index contributed by atoms with van der Waals surface area (Å²) >= 11 is 0. The van der Waals surface area contributed by atoms with Crippen LogP contribution in [0, 0.1) is 0 Å². The standard InChI is InChI=1S/C20H23N5O4/c1-11-9-23(20(28)29)18-6-16(14-8-21-24(10-14)15-4-5-15)17(22-12(2)26)7-19(18)25(11)13(3)27/h6-8,10-11,15H,4-5,9H2,1-3H3,(H,22,26)(H,28,29). The van der Waals surface area contributed by atoms with Gasteiger partial charge in [-0.3, -0.25) is 19.2 Å². The molecule has 1 fully saturated rings. The topological polar surface area (TPSA) is 108 Å². The van der Waals surface area contributed by atoms with Gasteiger partial charge < -0.3 is 15.3 Å². The average Bonchev–Trinajstić information content (AvgIpc) is 3.37. The van der Waals surface area contributed by atoms with Crippen LogP contribution in [0.4, 0.5) is 21.9 Å². The summed E-state index contributed by atoms with van der Waals surface area (Å²) in [5.74, 6) is -0.444. The van der Waals surface area contributed by atoms with E-state index < -0.39 is 6.09 Å². The van der Waals surface area contributed by atoms with E-state index in [1.807, 2.05) is 10.9 Å². The smallest absolute Gasteiger partial charge is 0.411 e. The first-order valence-corrected chi connectivity index (χ1v) is 9.56. The minimum absolute atomic E-state index is 0.169. The second-order valence-corrected chi connectivity index (χ2v) is 7.64. The molecule has 9 heteroatoms. The van der Waals surface area contributed by atoms with Crippen LogP contribution < -0.4 is 15.1 Å². The average molecular weight is 397 g/mol. The number of aromatic nitrogens is 2. The number of benzene rings is 1. The van der Waals surface area contributed by atoms with E-state index in [1.165, 1.54) is 18.7 Å². The van der Waals surface area contributed by atoms with E-state index in [1.54, 1.807) is 30.2 Å². The summed E-state index contributed by atoms with van der Waals surface area (Å²) in [6.07, 6.45) is 4.70. The number of carbonyl (C=O) groups is 3. The van der Waals surface area contributed by atoms with Gasteiger partial charge in [0.25, 0.3) is 0 Å². The first kappa shape index (κ1) is 19.0. The van der Waals surface area contributed by atoms with E-state index in [4.69, 9.17) is 0 Å². The van der Waals surface area contributed by atoms with Crippen LogP contribution in [-0.2, 0) is 9.59 Å². The molecule has 2 aliphatic rings. The third-order valence-corrected chi connectivity index (χ3v) is 5.27. The highest BCUT2D eigenvalue weighted by atomic mass is 16.4. The van der Waals surface area contributed by atoms with Crippen LogP contribution in [0.15, 0.2) is 24.5 Å². The summed E-state index contributed by atoms with van der Waals surface area (Å²) in [4.78, 5) is 38.8. The van der Waals surface area contributed by atoms with Crippen molar-refractivity contribution >= 4 is 35.0 Å². The summed E-state index contributed by atoms with van der Waals surface area (Å²) in [6.45, 7) is 4.82. The molecule has 2 aromatic rings. The van der Waals surface area contributed by atoms with Crippen molar-refractivity contribution in [2.45, 2.75) is 45.7 Å². The van der Waals surface area contributed by atoms with E-state index in [-0.39, 0.29) is 24.4 Å². The molecule has 0 bridgehead atoms. The van der Waals surface area contributed by atoms with Gasteiger partial charge in [0.05, 0.1) is 35.3 Å². The van der Waals surface area contributed by atoms with Crippen LogP contribution in [0.3, 0.4) is 0 Å². The normalized spacial score (nSPS) is 18.4. The molecule has 1 aromatic carbocycles. The predicted molar refractivity (Wildman–Crippen MR) is 108 cm³/mol. The number of fused-ring (bicyclic) bond motifs is 1. The van der Waals surface area contributed by atoms with E-state index in [9.17, 15) is 19.5 Å². The second kappa shape index (κ2) is 6.91. The van der Waals surface area contributed by atoms with Crippen molar-refractivity contribution in [3.63, 3.8) is 0 Å². The molecule has 1 atom stereocenters. The minimum Gasteiger partial charge on any atom is -0.465 e. The lowest BCUT2D eigenvalue weighted by molar-refractivity contribution is -0.117. The zero-order chi connectivity index (χ0) is 20.9. The summed E-state index contributed by atoms with van der Waals surface area (Å²) < 4.78 is 1.89. The maximum Gasteiger partial charge on any atom is 0.411 e. The van der Waals surface area contributed by atoms with Gasteiger partial charge in [0.1, 0.15) is 0 Å². The van der Waals surface area contributed by atoms with Gasteiger partial charge >= 0.3 is 6.09 Å². The first-order valence-electron chi connectivity index (χ1n) is 9.56. The molecule has 0 spiro atoms. The molecule has 29 heavy (non-hydrogen) atoms. The third-order valence-electron chi connectivity index (χ3n) is 5.27. The number of carboxylic acid groups (broad SMARTS) is 1. The molecule has 152 valence electrons. The Morgan fingerprint density at radius 3 is 2.48 bits per heavy atom. The lowest BCUT2D eigenvalue weighted by Gasteiger charge is -2.40. The van der Waals surface area contributed by atoms with E-state index in [0.717, 1.165) is 18.4 Å². The minimum atomic E-state index is -1.09. The summed E-state index contributed by atoms with van der Waals surface area (Å²) in [7, 11) is 0. The van der Waals surface area contributed by atoms with Crippen LogP contribution in [0.25, 0.3) is 11.1 Å². The number of hydrogen-bond donors (Lipinski definition) is 2. The number of nitrogens with one attached hydrogen (secondary N) is 1. The zero-order valence-electron chi connectivity index (χ0n) is 16.5. The Balaban J connectivity index is 1.90. The third kappa shape index (κ3) is 3.43. The van der Waals surface area contributed by atoms with Crippen molar-refractivity contribution in [3.8, 4) is 11.1 Å². The van der Waals surface area contributed by atoms with Crippen molar-refractivity contribution < 1.29 is 19.5 Å². The van der Waals surface area contributed by atoms with Crippen LogP contribution in [0.2, 0.25) is 0 Å². The lowest BCUT2D eigenvalue weighted by atomic mass is 10.0. The largest absolute Gasteiger partial charge is 0.465 e. The van der Waals surface area contributed by atoms with Crippen molar-refractivity contribution in [2.24, 2.45) is 0 Å². The molecule has 9 nitrogen and oxygen atoms in total. The van der Waals surface area contributed by atoms with Crippen molar-refractivity contribution in [1.29, 1.82) is 0 Å². The van der Waals surface area contributed by atoms with Crippen molar-refractivity contribution in [1.82, 2.24) is 9.78 Å². The van der Waals surface area contributed by atoms with Crippen LogP contribution in [0.1, 0.15) is 39.7 Å². The Morgan fingerprint density at radius 2 is 1.90 bits per heavy atom. The Kier molecular flexibility index (Phi) is 4.52. The molecular weight excluding hydrogens is 374 g/mol. The highest BCUT2D eigenvalue weighted by Crippen LogP contribution is 2.44. The zero-order valence-corrected chi connectivity index (χ0v) is 16.5. The fraction of sp³-hybridized carbons (Fsp3) is 0.400. The van der Waals surface area contributed by atoms with Gasteiger partial charge in [-0.1, -0.05) is 0 Å². The molecule has 1 unspecified atom stereocenters. The van der Waals surface area contributed by atoms with E-state index >= 15 is 0 Å². The maximum atomic E-state index is 12.3. The Bertz CT molecular complexity index is 1010. The lowest BCUT2D eigenvalue weighted by Crippen LogP contribution is -2.51. The number of anilines is 3. The number of carbonyl (C=O) groups excluding carboxylic acids is 2. The van der Waals surface area contributed by atoms with E-state index in [2.05, 4.69) is 10.4 Å². The molecule has 0 saturated heterocycles. The van der Waals surface area contributed by atoms with Gasteiger partial charge in [0, 0.05) is 37.7 Å². The number of amides is 3. The predicted octanol–water partition coefficient (Wildman–Crippen LogP) is 3.08. The molecule has 3 amide bonds. The Morgan fingerprint density at radius 1 is 1.17 bits per heavy atom. The Hall–Kier alpha value is -3.36. The maximum absolute atomic E-state index is 12.3. The van der Waals surface area contributed by atoms with Gasteiger partial charge in [-0.2, -0.15) is 5.10 Å². The molecule has 2 N–H and O–H groups in total. The van der Waals surface area contributed by atoms with Crippen LogP contribution in [-0.4, -0.2) is 45.4 Å². The van der Waals surface area contributed by atoms with Gasteiger partial charge in [-0.05, 0) is 31.9 Å². The summed E-state index contributed by atoms with van der Waals surface area (Å²) in [5, 5.41) is 16.9. The van der Waals surface area contributed by atoms with E-state index in [0.29, 0.717) is 28.7 Å². The summed E-state index contributed by atoms with van der Waals surface area (Å²) in [5.41, 5.74) is 2.82. The molecule has 1 aliphatic heterocycles. The van der Waals surface area contributed by atoms with Gasteiger partial charge in [0.2, 0.25) is 11.8 Å². The molecule has 1 saturated carbocycles. The quantitative estimate of drug-likeness (QED) is 0.827. The number of hydrogen-bond acceptors (Lipinski definition) is 4. The van der Waals surface area contributed by atoms with Crippen LogP contribution in [0.5, 0.6) is 0 Å². The SMILES string of the molecule is CC(=O)Nc1cc2c(cc1-c1cnn(C3CC3)c1)N(C(=O)O)CC(C)N2C(C)=O. The molecule has 1 aromatic heterocycles. The molecule has 1 aliphatic carbocycles. The Labute approximate surface area is 167 Å². The molecule has 0 radical (unpaired) electrons. The van der Waals surface area contributed by atoms with Crippen LogP contribution >= 0.6 is 0 Å².